The lowest BCUT2D eigenvalue weighted by atomic mass is 9.95. The molecule has 2 unspecified atom stereocenters. The molecule has 0 aliphatic heterocycles. The van der Waals surface area contributed by atoms with E-state index in [2.05, 4.69) is 60.2 Å². The van der Waals surface area contributed by atoms with Crippen molar-refractivity contribution in [1.29, 1.82) is 0 Å². The lowest BCUT2D eigenvalue weighted by Crippen LogP contribution is -2.39. The third-order valence-corrected chi connectivity index (χ3v) is 9.08. The van der Waals surface area contributed by atoms with Crippen LogP contribution in [0.3, 0.4) is 0 Å². The Balaban J connectivity index is 1.88. The average Bonchev–Trinajstić information content (AvgIpc) is 2.68. The van der Waals surface area contributed by atoms with Crippen molar-refractivity contribution >= 4 is 23.9 Å². The molecular weight excluding hydrogens is 344 g/mol. The first-order valence-corrected chi connectivity index (χ1v) is 12.9. The second kappa shape index (κ2) is 12.2. The first-order chi connectivity index (χ1) is 12.2. The summed E-state index contributed by atoms with van der Waals surface area (Å²) in [6, 6.07) is 3.06. The van der Waals surface area contributed by atoms with E-state index in [1.165, 1.54) is 82.1 Å². The van der Waals surface area contributed by atoms with Gasteiger partial charge in [-0.2, -0.15) is 0 Å². The summed E-state index contributed by atoms with van der Waals surface area (Å²) in [6.45, 7) is 9.56. The molecule has 0 aromatic rings. The fraction of sp³-hybridized carbons (Fsp3) is 1.00. The van der Waals surface area contributed by atoms with Crippen LogP contribution < -0.4 is 0 Å². The van der Waals surface area contributed by atoms with Gasteiger partial charge in [0.1, 0.15) is 0 Å². The lowest BCUT2D eigenvalue weighted by molar-refractivity contribution is 0.223. The fourth-order valence-corrected chi connectivity index (χ4v) is 7.17. The molecule has 0 amide bonds. The molecule has 0 spiro atoms. The van der Waals surface area contributed by atoms with Crippen LogP contribution in [0.1, 0.15) is 105 Å². The summed E-state index contributed by atoms with van der Waals surface area (Å²) in [4.78, 5) is 0. The molecular formula is C21H42N2S2. The molecule has 0 aromatic heterocycles. The highest BCUT2D eigenvalue weighted by atomic mass is 32.2. The summed E-state index contributed by atoms with van der Waals surface area (Å²) in [6.07, 6.45) is 16.9. The smallest absolute Gasteiger partial charge is 0.0687 e. The quantitative estimate of drug-likeness (QED) is 0.291. The zero-order valence-electron chi connectivity index (χ0n) is 17.2. The second-order valence-corrected chi connectivity index (χ2v) is 10.5. The maximum atomic E-state index is 2.78. The van der Waals surface area contributed by atoms with Gasteiger partial charge < -0.3 is 0 Å². The molecule has 25 heavy (non-hydrogen) atoms. The molecule has 2 aliphatic carbocycles. The summed E-state index contributed by atoms with van der Waals surface area (Å²) >= 11 is 4.27. The van der Waals surface area contributed by atoms with Gasteiger partial charge in [0.2, 0.25) is 0 Å². The van der Waals surface area contributed by atoms with Crippen LogP contribution in [0.2, 0.25) is 0 Å². The first kappa shape index (κ1) is 21.9. The van der Waals surface area contributed by atoms with Crippen LogP contribution in [-0.2, 0) is 0 Å². The molecule has 2 nitrogen and oxygen atoms in total. The van der Waals surface area contributed by atoms with E-state index in [0.29, 0.717) is 12.1 Å². The van der Waals surface area contributed by atoms with Crippen molar-refractivity contribution in [1.82, 2.24) is 8.61 Å². The van der Waals surface area contributed by atoms with Gasteiger partial charge in [-0.1, -0.05) is 76.3 Å². The Hall–Kier alpha value is 0.620. The van der Waals surface area contributed by atoms with Crippen LogP contribution in [0.4, 0.5) is 0 Å². The minimum atomic E-state index is 0.709. The average molecular weight is 387 g/mol. The third kappa shape index (κ3) is 6.93. The molecule has 0 saturated heterocycles. The summed E-state index contributed by atoms with van der Waals surface area (Å²) in [7, 11) is 0. The van der Waals surface area contributed by atoms with Crippen LogP contribution in [0.15, 0.2) is 0 Å². The van der Waals surface area contributed by atoms with Crippen molar-refractivity contribution in [3.8, 4) is 0 Å². The third-order valence-electron chi connectivity index (χ3n) is 6.32. The van der Waals surface area contributed by atoms with Gasteiger partial charge in [-0.05, 0) is 52.4 Å². The Morgan fingerprint density at radius 3 is 1.36 bits per heavy atom. The largest absolute Gasteiger partial charge is 0.244 e. The Morgan fingerprint density at radius 1 is 0.680 bits per heavy atom. The van der Waals surface area contributed by atoms with Crippen molar-refractivity contribution in [3.05, 3.63) is 0 Å². The molecule has 148 valence electrons. The van der Waals surface area contributed by atoms with Gasteiger partial charge in [-0.3, -0.25) is 0 Å². The lowest BCUT2D eigenvalue weighted by Gasteiger charge is -2.39. The highest BCUT2D eigenvalue weighted by molar-refractivity contribution is 8.13. The van der Waals surface area contributed by atoms with Crippen LogP contribution in [-0.4, -0.2) is 37.9 Å². The van der Waals surface area contributed by atoms with Crippen molar-refractivity contribution < 1.29 is 0 Å². The zero-order valence-corrected chi connectivity index (χ0v) is 18.8. The van der Waals surface area contributed by atoms with Gasteiger partial charge in [-0.15, -0.1) is 0 Å². The molecule has 0 aromatic carbocycles. The van der Waals surface area contributed by atoms with Gasteiger partial charge >= 0.3 is 0 Å². The normalized spacial score (nSPS) is 23.3. The van der Waals surface area contributed by atoms with E-state index in [4.69, 9.17) is 0 Å². The molecule has 2 saturated carbocycles. The highest BCUT2D eigenvalue weighted by Gasteiger charge is 2.28. The van der Waals surface area contributed by atoms with Crippen LogP contribution in [0.25, 0.3) is 0 Å². The summed E-state index contributed by atoms with van der Waals surface area (Å²) < 4.78 is 5.56. The molecule has 0 heterocycles. The highest BCUT2D eigenvalue weighted by Crippen LogP contribution is 2.36. The van der Waals surface area contributed by atoms with E-state index < -0.39 is 0 Å². The summed E-state index contributed by atoms with van der Waals surface area (Å²) in [5, 5.41) is 1.20. The number of rotatable bonds is 10. The zero-order chi connectivity index (χ0) is 18.1. The number of hydrogen-bond acceptors (Lipinski definition) is 4. The van der Waals surface area contributed by atoms with Crippen molar-refractivity contribution in [2.75, 3.05) is 5.08 Å². The van der Waals surface area contributed by atoms with E-state index in [1.54, 1.807) is 0 Å². The first-order valence-electron chi connectivity index (χ1n) is 11.0. The molecule has 2 atom stereocenters. The molecule has 0 radical (unpaired) electrons. The van der Waals surface area contributed by atoms with Crippen LogP contribution >= 0.6 is 23.9 Å². The molecule has 4 heteroatoms. The van der Waals surface area contributed by atoms with E-state index in [9.17, 15) is 0 Å². The topological polar surface area (TPSA) is 6.48 Å². The van der Waals surface area contributed by atoms with E-state index in [-0.39, 0.29) is 0 Å². The molecule has 0 N–H and O–H groups in total. The Labute approximate surface area is 166 Å². The molecule has 2 aliphatic rings. The van der Waals surface area contributed by atoms with Crippen LogP contribution in [0, 0.1) is 0 Å². The minimum absolute atomic E-state index is 0.709. The van der Waals surface area contributed by atoms with Gasteiger partial charge in [0.15, 0.2) is 0 Å². The van der Waals surface area contributed by atoms with E-state index in [0.717, 1.165) is 12.1 Å². The van der Waals surface area contributed by atoms with Crippen molar-refractivity contribution in [2.45, 2.75) is 129 Å². The Morgan fingerprint density at radius 2 is 1.04 bits per heavy atom. The van der Waals surface area contributed by atoms with Gasteiger partial charge in [0, 0.05) is 24.2 Å². The SMILES string of the molecule is CCC(C)N(SCSN(C(C)CC)C1CCCCC1)C1CCCCC1. The Bertz CT molecular complexity index is 309. The summed E-state index contributed by atoms with van der Waals surface area (Å²) in [5.41, 5.74) is 0. The van der Waals surface area contributed by atoms with Gasteiger partial charge in [0.05, 0.1) is 5.08 Å². The Kier molecular flexibility index (Phi) is 10.7. The van der Waals surface area contributed by atoms with Gasteiger partial charge in [-0.25, -0.2) is 8.61 Å². The maximum absolute atomic E-state index is 2.78. The number of hydrogen-bond donors (Lipinski definition) is 0. The molecule has 2 rings (SSSR count). The minimum Gasteiger partial charge on any atom is -0.244 e. The van der Waals surface area contributed by atoms with Gasteiger partial charge in [0.25, 0.3) is 0 Å². The maximum Gasteiger partial charge on any atom is 0.0687 e. The standard InChI is InChI=1S/C21H42N2S2/c1-5-18(3)22(20-13-9-7-10-14-20)24-17-25-23(19(4)6-2)21-15-11-8-12-16-21/h18-21H,5-17H2,1-4H3. The monoisotopic (exact) mass is 386 g/mol. The predicted molar refractivity (Wildman–Crippen MR) is 117 cm³/mol. The summed E-state index contributed by atoms with van der Waals surface area (Å²) in [5.74, 6) is 0. The molecule has 2 fully saturated rings. The van der Waals surface area contributed by atoms with E-state index >= 15 is 0 Å². The van der Waals surface area contributed by atoms with Crippen molar-refractivity contribution in [2.24, 2.45) is 0 Å². The number of nitrogens with zero attached hydrogens (tertiary/aromatic N) is 2. The van der Waals surface area contributed by atoms with Crippen LogP contribution in [0.5, 0.6) is 0 Å². The predicted octanol–water partition coefficient (Wildman–Crippen LogP) is 7.11. The van der Waals surface area contributed by atoms with E-state index in [1.807, 2.05) is 0 Å². The van der Waals surface area contributed by atoms with Crippen molar-refractivity contribution in [3.63, 3.8) is 0 Å². The fourth-order valence-electron chi connectivity index (χ4n) is 4.36. The molecule has 0 bridgehead atoms. The second-order valence-electron chi connectivity index (χ2n) is 8.19.